The van der Waals surface area contributed by atoms with E-state index in [0.717, 1.165) is 23.3 Å². The lowest BCUT2D eigenvalue weighted by Crippen LogP contribution is -2.37. The Morgan fingerprint density at radius 1 is 1.21 bits per heavy atom. The number of hydrogen-bond acceptors (Lipinski definition) is 4. The molecule has 0 aliphatic rings. The van der Waals surface area contributed by atoms with Crippen molar-refractivity contribution in [3.63, 3.8) is 0 Å². The van der Waals surface area contributed by atoms with Crippen molar-refractivity contribution in [2.75, 3.05) is 0 Å². The van der Waals surface area contributed by atoms with Gasteiger partial charge in [0.1, 0.15) is 28.5 Å². The minimum Gasteiger partial charge on any atom is -0.487 e. The molecular formula is C23H23BrClF2N3O3. The number of pyridine rings is 1. The fraction of sp³-hybridized carbons (Fsp3) is 0.217. The number of ether oxygens (including phenoxy) is 1. The van der Waals surface area contributed by atoms with Crippen LogP contribution in [0, 0.1) is 18.6 Å². The summed E-state index contributed by atoms with van der Waals surface area (Å²) in [5, 5.41) is 2.74. The summed E-state index contributed by atoms with van der Waals surface area (Å²) in [5.41, 5.74) is 8.09. The zero-order valence-corrected chi connectivity index (χ0v) is 20.3. The van der Waals surface area contributed by atoms with E-state index in [0.29, 0.717) is 17.8 Å². The second-order valence-electron chi connectivity index (χ2n) is 7.33. The summed E-state index contributed by atoms with van der Waals surface area (Å²) in [6.45, 7) is 3.46. The zero-order chi connectivity index (χ0) is 23.4. The summed E-state index contributed by atoms with van der Waals surface area (Å²) in [6, 6.07) is 9.93. The van der Waals surface area contributed by atoms with Crippen molar-refractivity contribution in [1.82, 2.24) is 10.3 Å². The Bertz CT molecular complexity index is 1200. The van der Waals surface area contributed by atoms with Crippen molar-refractivity contribution in [2.24, 2.45) is 5.73 Å². The zero-order valence-electron chi connectivity index (χ0n) is 17.9. The van der Waals surface area contributed by atoms with Crippen LogP contribution < -0.4 is 21.3 Å². The highest BCUT2D eigenvalue weighted by Crippen LogP contribution is 2.37. The van der Waals surface area contributed by atoms with Crippen molar-refractivity contribution in [3.05, 3.63) is 85.7 Å². The van der Waals surface area contributed by atoms with E-state index in [9.17, 15) is 18.4 Å². The standard InChI is InChI=1S/C23H22BrF2N3O3.ClH/c1-12(27)22(30)28-10-14-3-5-15(6-4-14)19-13(2)29-23(31)20(24)21(19)32-11-16-7-8-17(25)9-18(16)26;/h3-9,12H,10-11,27H2,1-2H3,(H,28,30)(H,29,31);1H/t12-;/m0./s1. The van der Waals surface area contributed by atoms with Crippen LogP contribution in [0.2, 0.25) is 0 Å². The topological polar surface area (TPSA) is 97.2 Å². The van der Waals surface area contributed by atoms with Gasteiger partial charge >= 0.3 is 0 Å². The van der Waals surface area contributed by atoms with Gasteiger partial charge in [0.25, 0.3) is 5.56 Å². The Morgan fingerprint density at radius 3 is 2.48 bits per heavy atom. The Hall–Kier alpha value is -2.75. The molecule has 1 heterocycles. The smallest absolute Gasteiger partial charge is 0.266 e. The number of aromatic nitrogens is 1. The number of aryl methyl sites for hydroxylation is 1. The third-order valence-electron chi connectivity index (χ3n) is 4.81. The van der Waals surface area contributed by atoms with Gasteiger partial charge in [-0.2, -0.15) is 0 Å². The number of rotatable bonds is 7. The quantitative estimate of drug-likeness (QED) is 0.413. The van der Waals surface area contributed by atoms with Gasteiger partial charge in [0.05, 0.1) is 6.04 Å². The van der Waals surface area contributed by atoms with Crippen LogP contribution in [0.5, 0.6) is 5.75 Å². The van der Waals surface area contributed by atoms with E-state index >= 15 is 0 Å². The first-order valence-electron chi connectivity index (χ1n) is 9.79. The normalized spacial score (nSPS) is 11.5. The van der Waals surface area contributed by atoms with Crippen molar-refractivity contribution in [2.45, 2.75) is 33.0 Å². The third-order valence-corrected chi connectivity index (χ3v) is 5.53. The summed E-state index contributed by atoms with van der Waals surface area (Å²) in [7, 11) is 0. The van der Waals surface area contributed by atoms with Crippen LogP contribution in [-0.2, 0) is 17.9 Å². The van der Waals surface area contributed by atoms with E-state index in [4.69, 9.17) is 10.5 Å². The Labute approximate surface area is 204 Å². The lowest BCUT2D eigenvalue weighted by Gasteiger charge is -2.16. The molecule has 0 radical (unpaired) electrons. The second kappa shape index (κ2) is 11.4. The van der Waals surface area contributed by atoms with Gasteiger partial charge in [0.15, 0.2) is 0 Å². The number of amides is 1. The lowest BCUT2D eigenvalue weighted by molar-refractivity contribution is -0.122. The van der Waals surface area contributed by atoms with Gasteiger partial charge in [0, 0.05) is 29.4 Å². The van der Waals surface area contributed by atoms with Gasteiger partial charge in [0.2, 0.25) is 5.91 Å². The number of H-pyrrole nitrogens is 1. The van der Waals surface area contributed by atoms with Gasteiger partial charge in [-0.1, -0.05) is 24.3 Å². The van der Waals surface area contributed by atoms with Crippen molar-refractivity contribution >= 4 is 34.2 Å². The van der Waals surface area contributed by atoms with Gasteiger partial charge in [-0.05, 0) is 53.0 Å². The molecule has 1 atom stereocenters. The summed E-state index contributed by atoms with van der Waals surface area (Å²) in [4.78, 5) is 26.7. The summed E-state index contributed by atoms with van der Waals surface area (Å²) in [5.74, 6) is -1.43. The maximum absolute atomic E-state index is 14.0. The van der Waals surface area contributed by atoms with Crippen LogP contribution in [0.25, 0.3) is 11.1 Å². The monoisotopic (exact) mass is 541 g/mol. The van der Waals surface area contributed by atoms with Crippen LogP contribution in [-0.4, -0.2) is 16.9 Å². The molecule has 10 heteroatoms. The molecule has 33 heavy (non-hydrogen) atoms. The molecule has 176 valence electrons. The molecule has 0 saturated carbocycles. The number of halogens is 4. The first-order chi connectivity index (χ1) is 15.2. The van der Waals surface area contributed by atoms with Crippen LogP contribution in [0.15, 0.2) is 51.7 Å². The first-order valence-corrected chi connectivity index (χ1v) is 10.6. The molecule has 0 aliphatic heterocycles. The highest BCUT2D eigenvalue weighted by atomic mass is 79.9. The average molecular weight is 543 g/mol. The van der Waals surface area contributed by atoms with Gasteiger partial charge in [-0.25, -0.2) is 8.78 Å². The predicted molar refractivity (Wildman–Crippen MR) is 128 cm³/mol. The molecule has 0 saturated heterocycles. The molecule has 0 fully saturated rings. The summed E-state index contributed by atoms with van der Waals surface area (Å²) < 4.78 is 33.2. The van der Waals surface area contributed by atoms with E-state index in [1.807, 2.05) is 24.3 Å². The van der Waals surface area contributed by atoms with Crippen LogP contribution in [0.4, 0.5) is 8.78 Å². The highest BCUT2D eigenvalue weighted by Gasteiger charge is 2.18. The molecule has 0 unspecified atom stereocenters. The maximum Gasteiger partial charge on any atom is 0.266 e. The number of carbonyl (C=O) groups excluding carboxylic acids is 1. The van der Waals surface area contributed by atoms with Crippen LogP contribution in [0.1, 0.15) is 23.7 Å². The molecule has 2 aromatic carbocycles. The SMILES string of the molecule is Cc1[nH]c(=O)c(Br)c(OCc2ccc(F)cc2F)c1-c1ccc(CNC(=O)[C@H](C)N)cc1.Cl. The Balaban J connectivity index is 0.00000385. The van der Waals surface area contributed by atoms with E-state index in [1.54, 1.807) is 13.8 Å². The van der Waals surface area contributed by atoms with Gasteiger partial charge < -0.3 is 20.8 Å². The van der Waals surface area contributed by atoms with Gasteiger partial charge in [-0.3, -0.25) is 9.59 Å². The van der Waals surface area contributed by atoms with Crippen molar-refractivity contribution in [1.29, 1.82) is 0 Å². The molecular weight excluding hydrogens is 520 g/mol. The van der Waals surface area contributed by atoms with E-state index < -0.39 is 23.2 Å². The van der Waals surface area contributed by atoms with E-state index in [1.165, 1.54) is 6.07 Å². The first kappa shape index (κ1) is 26.5. The molecule has 4 N–H and O–H groups in total. The summed E-state index contributed by atoms with van der Waals surface area (Å²) in [6.07, 6.45) is 0. The Kier molecular flexibility index (Phi) is 9.16. The molecule has 1 aromatic heterocycles. The highest BCUT2D eigenvalue weighted by molar-refractivity contribution is 9.10. The van der Waals surface area contributed by atoms with Crippen LogP contribution >= 0.6 is 28.3 Å². The molecule has 0 spiro atoms. The molecule has 0 aliphatic carbocycles. The van der Waals surface area contributed by atoms with Crippen LogP contribution in [0.3, 0.4) is 0 Å². The molecule has 3 rings (SSSR count). The van der Waals surface area contributed by atoms with Gasteiger partial charge in [-0.15, -0.1) is 12.4 Å². The fourth-order valence-electron chi connectivity index (χ4n) is 3.08. The average Bonchev–Trinajstić information content (AvgIpc) is 2.75. The number of hydrogen-bond donors (Lipinski definition) is 3. The minimum absolute atomic E-state index is 0. The number of aromatic amines is 1. The van der Waals surface area contributed by atoms with E-state index in [2.05, 4.69) is 26.2 Å². The minimum atomic E-state index is -0.734. The number of nitrogens with one attached hydrogen (secondary N) is 2. The maximum atomic E-state index is 14.0. The number of carbonyl (C=O) groups is 1. The molecule has 1 amide bonds. The molecule has 3 aromatic rings. The number of benzene rings is 2. The van der Waals surface area contributed by atoms with Crippen molar-refractivity contribution in [3.8, 4) is 16.9 Å². The number of nitrogens with two attached hydrogens (primary N) is 1. The molecule has 0 bridgehead atoms. The predicted octanol–water partition coefficient (Wildman–Crippen LogP) is 4.36. The third kappa shape index (κ3) is 6.40. The Morgan fingerprint density at radius 2 is 1.88 bits per heavy atom. The lowest BCUT2D eigenvalue weighted by atomic mass is 10.0. The van der Waals surface area contributed by atoms with E-state index in [-0.39, 0.29) is 40.7 Å². The largest absolute Gasteiger partial charge is 0.487 e. The fourth-order valence-corrected chi connectivity index (χ4v) is 3.49. The second-order valence-corrected chi connectivity index (χ2v) is 8.12. The van der Waals surface area contributed by atoms with Crippen molar-refractivity contribution < 1.29 is 18.3 Å². The molecule has 6 nitrogen and oxygen atoms in total. The summed E-state index contributed by atoms with van der Waals surface area (Å²) >= 11 is 3.25.